The first kappa shape index (κ1) is 34.3. The molecule has 9 aromatic carbocycles. The van der Waals surface area contributed by atoms with Gasteiger partial charge in [-0.2, -0.15) is 0 Å². The zero-order valence-electron chi connectivity index (χ0n) is 32.0. The van der Waals surface area contributed by atoms with E-state index in [0.29, 0.717) is 17.5 Å². The van der Waals surface area contributed by atoms with E-state index in [1.54, 1.807) is 0 Å². The van der Waals surface area contributed by atoms with Crippen LogP contribution in [0.1, 0.15) is 0 Å². The van der Waals surface area contributed by atoms with Gasteiger partial charge in [0, 0.05) is 32.8 Å². The molecule has 4 heteroatoms. The van der Waals surface area contributed by atoms with Crippen LogP contribution in [0.5, 0.6) is 0 Å². The van der Waals surface area contributed by atoms with Crippen molar-refractivity contribution in [2.45, 2.75) is 0 Å². The molecule has 11 aromatic rings. The minimum absolute atomic E-state index is 0.597. The average Bonchev–Trinajstić information content (AvgIpc) is 3.71. The largest absolute Gasteiger partial charge is 0.455 e. The van der Waals surface area contributed by atoms with Crippen molar-refractivity contribution in [3.63, 3.8) is 0 Å². The molecule has 0 N–H and O–H groups in total. The molecule has 0 bridgehead atoms. The molecule has 0 radical (unpaired) electrons. The highest BCUT2D eigenvalue weighted by Gasteiger charge is 2.18. The summed E-state index contributed by atoms with van der Waals surface area (Å²) >= 11 is 0. The Bertz CT molecular complexity index is 3240. The standard InChI is InChI=1S/C55H35N3O/c1-4-14-36(15-5-1)39-26-28-41(29-27-39)53-56-54(58-55(57-53)46-34-44(37-16-6-2-7-17-37)33-45(35-46)38-18-8-3-9-19-38)43-22-12-21-42(32-43)47-24-13-20-40-30-31-49-48-23-10-11-25-50(48)59-52(49)51(40)47/h1-35H. The molecule has 4 nitrogen and oxygen atoms in total. The Morgan fingerprint density at radius 3 is 1.44 bits per heavy atom. The molecule has 0 aliphatic heterocycles. The Labute approximate surface area is 341 Å². The highest BCUT2D eigenvalue weighted by molar-refractivity contribution is 6.19. The zero-order valence-corrected chi connectivity index (χ0v) is 32.0. The van der Waals surface area contributed by atoms with E-state index >= 15 is 0 Å². The van der Waals surface area contributed by atoms with Crippen LogP contribution in [0.15, 0.2) is 217 Å². The maximum Gasteiger partial charge on any atom is 0.164 e. The van der Waals surface area contributed by atoms with E-state index < -0.39 is 0 Å². The SMILES string of the molecule is c1ccc(-c2ccc(-c3nc(-c4cc(-c5ccccc5)cc(-c5ccccc5)c4)nc(-c4cccc(-c5cccc6ccc7c8ccccc8oc7c56)c4)n3)cc2)cc1. The Balaban J connectivity index is 1.10. The fraction of sp³-hybridized carbons (Fsp3) is 0. The normalized spacial score (nSPS) is 11.4. The summed E-state index contributed by atoms with van der Waals surface area (Å²) in [6.45, 7) is 0. The van der Waals surface area contributed by atoms with Gasteiger partial charge in [0.15, 0.2) is 17.5 Å². The van der Waals surface area contributed by atoms with E-state index in [-0.39, 0.29) is 0 Å². The minimum Gasteiger partial charge on any atom is -0.455 e. The van der Waals surface area contributed by atoms with Crippen LogP contribution in [0.3, 0.4) is 0 Å². The number of aromatic nitrogens is 3. The Kier molecular flexibility index (Phi) is 8.45. The summed E-state index contributed by atoms with van der Waals surface area (Å²) in [7, 11) is 0. The maximum absolute atomic E-state index is 6.56. The van der Waals surface area contributed by atoms with Crippen molar-refractivity contribution in [2.75, 3.05) is 0 Å². The first-order valence-electron chi connectivity index (χ1n) is 19.8. The topological polar surface area (TPSA) is 51.8 Å². The van der Waals surface area contributed by atoms with Gasteiger partial charge in [0.05, 0.1) is 0 Å². The summed E-state index contributed by atoms with van der Waals surface area (Å²) < 4.78 is 6.56. The molecular formula is C55H35N3O. The number of nitrogens with zero attached hydrogens (tertiary/aromatic N) is 3. The summed E-state index contributed by atoms with van der Waals surface area (Å²) in [5.41, 5.74) is 13.3. The predicted molar refractivity (Wildman–Crippen MR) is 243 cm³/mol. The molecule has 59 heavy (non-hydrogen) atoms. The van der Waals surface area contributed by atoms with Gasteiger partial charge in [0.2, 0.25) is 0 Å². The van der Waals surface area contributed by atoms with Crippen LogP contribution in [0.25, 0.3) is 111 Å². The van der Waals surface area contributed by atoms with E-state index in [9.17, 15) is 0 Å². The molecule has 276 valence electrons. The van der Waals surface area contributed by atoms with Gasteiger partial charge in [-0.15, -0.1) is 0 Å². The quantitative estimate of drug-likeness (QED) is 0.163. The van der Waals surface area contributed by atoms with E-state index in [4.69, 9.17) is 19.4 Å². The van der Waals surface area contributed by atoms with Crippen molar-refractivity contribution < 1.29 is 4.42 Å². The lowest BCUT2D eigenvalue weighted by Gasteiger charge is -2.13. The number of fused-ring (bicyclic) bond motifs is 5. The summed E-state index contributed by atoms with van der Waals surface area (Å²) in [6, 6.07) is 74.0. The van der Waals surface area contributed by atoms with Crippen molar-refractivity contribution >= 4 is 32.7 Å². The van der Waals surface area contributed by atoms with Crippen LogP contribution >= 0.6 is 0 Å². The van der Waals surface area contributed by atoms with Crippen LogP contribution in [0.4, 0.5) is 0 Å². The second kappa shape index (κ2) is 14.5. The van der Waals surface area contributed by atoms with Crippen LogP contribution in [-0.4, -0.2) is 15.0 Å². The Hall–Kier alpha value is -7.95. The highest BCUT2D eigenvalue weighted by Crippen LogP contribution is 2.40. The van der Waals surface area contributed by atoms with Gasteiger partial charge in [-0.05, 0) is 86.3 Å². The van der Waals surface area contributed by atoms with Crippen LogP contribution in [0.2, 0.25) is 0 Å². The molecular weight excluding hydrogens is 719 g/mol. The van der Waals surface area contributed by atoms with E-state index in [2.05, 4.69) is 182 Å². The molecule has 0 aliphatic carbocycles. The molecule has 0 aliphatic rings. The Morgan fingerprint density at radius 2 is 0.763 bits per heavy atom. The van der Waals surface area contributed by atoms with Gasteiger partial charge in [0.25, 0.3) is 0 Å². The lowest BCUT2D eigenvalue weighted by molar-refractivity contribution is 0.673. The summed E-state index contributed by atoms with van der Waals surface area (Å²) in [6.07, 6.45) is 0. The van der Waals surface area contributed by atoms with E-state index in [1.807, 2.05) is 30.3 Å². The number of rotatable bonds is 7. The molecule has 11 rings (SSSR count). The fourth-order valence-corrected chi connectivity index (χ4v) is 8.18. The van der Waals surface area contributed by atoms with Crippen LogP contribution < -0.4 is 0 Å². The maximum atomic E-state index is 6.56. The molecule has 0 unspecified atom stereocenters. The van der Waals surface area contributed by atoms with Crippen molar-refractivity contribution in [1.29, 1.82) is 0 Å². The molecule has 0 spiro atoms. The van der Waals surface area contributed by atoms with Gasteiger partial charge >= 0.3 is 0 Å². The fourth-order valence-electron chi connectivity index (χ4n) is 8.18. The molecule has 0 saturated carbocycles. The third-order valence-electron chi connectivity index (χ3n) is 11.1. The minimum atomic E-state index is 0.597. The van der Waals surface area contributed by atoms with Crippen LogP contribution in [-0.2, 0) is 0 Å². The zero-order chi connectivity index (χ0) is 39.1. The molecule has 2 aromatic heterocycles. The van der Waals surface area contributed by atoms with E-state index in [0.717, 1.165) is 93.9 Å². The molecule has 0 fully saturated rings. The third-order valence-corrected chi connectivity index (χ3v) is 11.1. The predicted octanol–water partition coefficient (Wildman–Crippen LogP) is 14.6. The molecule has 2 heterocycles. The van der Waals surface area contributed by atoms with Gasteiger partial charge in [-0.3, -0.25) is 0 Å². The van der Waals surface area contributed by atoms with Crippen LogP contribution in [0, 0.1) is 0 Å². The number of hydrogen-bond acceptors (Lipinski definition) is 4. The van der Waals surface area contributed by atoms with Crippen molar-refractivity contribution in [3.8, 4) is 78.7 Å². The number of para-hydroxylation sites is 1. The monoisotopic (exact) mass is 753 g/mol. The lowest BCUT2D eigenvalue weighted by Crippen LogP contribution is -2.01. The molecule has 0 amide bonds. The van der Waals surface area contributed by atoms with Gasteiger partial charge in [-0.1, -0.05) is 176 Å². The van der Waals surface area contributed by atoms with Crippen molar-refractivity contribution in [1.82, 2.24) is 15.0 Å². The third kappa shape index (κ3) is 6.43. The molecule has 0 saturated heterocycles. The molecule has 0 atom stereocenters. The average molecular weight is 754 g/mol. The van der Waals surface area contributed by atoms with Gasteiger partial charge in [-0.25, -0.2) is 15.0 Å². The first-order valence-corrected chi connectivity index (χ1v) is 19.8. The van der Waals surface area contributed by atoms with Gasteiger partial charge in [0.1, 0.15) is 11.2 Å². The Morgan fingerprint density at radius 1 is 0.288 bits per heavy atom. The number of hydrogen-bond donors (Lipinski definition) is 0. The second-order valence-electron chi connectivity index (χ2n) is 14.8. The number of furan rings is 1. The van der Waals surface area contributed by atoms with E-state index in [1.165, 1.54) is 0 Å². The number of benzene rings is 9. The highest BCUT2D eigenvalue weighted by atomic mass is 16.3. The second-order valence-corrected chi connectivity index (χ2v) is 14.8. The smallest absolute Gasteiger partial charge is 0.164 e. The lowest BCUT2D eigenvalue weighted by atomic mass is 9.95. The van der Waals surface area contributed by atoms with Crippen molar-refractivity contribution in [2.24, 2.45) is 0 Å². The first-order chi connectivity index (χ1) is 29.2. The summed E-state index contributed by atoms with van der Waals surface area (Å²) in [4.78, 5) is 15.7. The van der Waals surface area contributed by atoms with Gasteiger partial charge < -0.3 is 4.42 Å². The summed E-state index contributed by atoms with van der Waals surface area (Å²) in [5, 5.41) is 4.42. The summed E-state index contributed by atoms with van der Waals surface area (Å²) in [5.74, 6) is 1.81. The van der Waals surface area contributed by atoms with Crippen molar-refractivity contribution in [3.05, 3.63) is 212 Å².